The zero-order valence-electron chi connectivity index (χ0n) is 17.1. The van der Waals surface area contributed by atoms with Gasteiger partial charge in [0, 0.05) is 31.7 Å². The number of nitrogens with zero attached hydrogens (tertiary/aromatic N) is 1. The number of ether oxygens (including phenoxy) is 1. The summed E-state index contributed by atoms with van der Waals surface area (Å²) >= 11 is 0. The van der Waals surface area contributed by atoms with E-state index in [-0.39, 0.29) is 11.9 Å². The summed E-state index contributed by atoms with van der Waals surface area (Å²) in [5, 5.41) is 9.54. The molecule has 1 atom stereocenters. The monoisotopic (exact) mass is 382 g/mol. The van der Waals surface area contributed by atoms with E-state index in [9.17, 15) is 4.79 Å². The molecule has 6 heteroatoms. The predicted octanol–water partition coefficient (Wildman–Crippen LogP) is 3.09. The van der Waals surface area contributed by atoms with E-state index in [0.717, 1.165) is 29.3 Å². The van der Waals surface area contributed by atoms with Gasteiger partial charge < -0.3 is 20.7 Å². The van der Waals surface area contributed by atoms with Gasteiger partial charge in [-0.05, 0) is 48.7 Å². The molecule has 0 radical (unpaired) electrons. The molecule has 0 spiro atoms. The van der Waals surface area contributed by atoms with Crippen LogP contribution in [0.1, 0.15) is 41.8 Å². The number of guanidine groups is 1. The minimum Gasteiger partial charge on any atom is -0.497 e. The van der Waals surface area contributed by atoms with Crippen LogP contribution in [0, 0.1) is 0 Å². The molecule has 150 valence electrons. The molecule has 0 aliphatic carbocycles. The van der Waals surface area contributed by atoms with E-state index >= 15 is 0 Å². The number of rotatable bonds is 8. The van der Waals surface area contributed by atoms with Crippen LogP contribution in [-0.2, 0) is 13.1 Å². The van der Waals surface area contributed by atoms with Gasteiger partial charge in [0.25, 0.3) is 5.91 Å². The fraction of sp³-hybridized carbons (Fsp3) is 0.364. The van der Waals surface area contributed by atoms with Gasteiger partial charge in [0.2, 0.25) is 0 Å². The number of hydrogen-bond donors (Lipinski definition) is 3. The number of methoxy groups -OCH3 is 1. The standard InChI is InChI=1S/C22H30N4O2/c1-5-16(2)26-21(27)19-10-6-17(7-11-19)14-24-22(23-3)25-15-18-8-12-20(28-4)13-9-18/h6-13,16H,5,14-15H2,1-4H3,(H,26,27)(H2,23,24,25). The van der Waals surface area contributed by atoms with Crippen molar-refractivity contribution in [3.63, 3.8) is 0 Å². The molecule has 2 aromatic carbocycles. The van der Waals surface area contributed by atoms with Gasteiger partial charge in [0.05, 0.1) is 7.11 Å². The lowest BCUT2D eigenvalue weighted by atomic mass is 10.1. The van der Waals surface area contributed by atoms with E-state index in [1.807, 2.05) is 55.5 Å². The maximum absolute atomic E-state index is 12.1. The van der Waals surface area contributed by atoms with Gasteiger partial charge >= 0.3 is 0 Å². The molecule has 0 fully saturated rings. The second-order valence-corrected chi connectivity index (χ2v) is 6.61. The van der Waals surface area contributed by atoms with Crippen LogP contribution in [0.2, 0.25) is 0 Å². The Balaban J connectivity index is 1.83. The Bertz CT molecular complexity index is 770. The summed E-state index contributed by atoms with van der Waals surface area (Å²) in [6.45, 7) is 5.34. The number of amides is 1. The zero-order chi connectivity index (χ0) is 20.4. The van der Waals surface area contributed by atoms with Crippen LogP contribution < -0.4 is 20.7 Å². The lowest BCUT2D eigenvalue weighted by Crippen LogP contribution is -2.36. The molecular weight excluding hydrogens is 352 g/mol. The van der Waals surface area contributed by atoms with Crippen molar-refractivity contribution in [1.29, 1.82) is 0 Å². The molecule has 2 aromatic rings. The van der Waals surface area contributed by atoms with Gasteiger partial charge in [-0.3, -0.25) is 9.79 Å². The lowest BCUT2D eigenvalue weighted by Gasteiger charge is -2.13. The molecule has 2 rings (SSSR count). The van der Waals surface area contributed by atoms with Gasteiger partial charge in [-0.15, -0.1) is 0 Å². The fourth-order valence-electron chi connectivity index (χ4n) is 2.52. The molecule has 6 nitrogen and oxygen atoms in total. The molecular formula is C22H30N4O2. The first-order chi connectivity index (χ1) is 13.5. The first-order valence-electron chi connectivity index (χ1n) is 9.53. The third-order valence-electron chi connectivity index (χ3n) is 4.51. The van der Waals surface area contributed by atoms with E-state index in [1.165, 1.54) is 0 Å². The van der Waals surface area contributed by atoms with Crippen LogP contribution in [0.3, 0.4) is 0 Å². The van der Waals surface area contributed by atoms with Crippen molar-refractivity contribution in [1.82, 2.24) is 16.0 Å². The van der Waals surface area contributed by atoms with Crippen molar-refractivity contribution in [3.05, 3.63) is 65.2 Å². The number of nitrogens with one attached hydrogen (secondary N) is 3. The van der Waals surface area contributed by atoms with Crippen LogP contribution in [0.4, 0.5) is 0 Å². The van der Waals surface area contributed by atoms with Gasteiger partial charge in [-0.1, -0.05) is 31.2 Å². The van der Waals surface area contributed by atoms with E-state index in [0.29, 0.717) is 18.7 Å². The van der Waals surface area contributed by atoms with Crippen LogP contribution >= 0.6 is 0 Å². The molecule has 0 saturated heterocycles. The highest BCUT2D eigenvalue weighted by Crippen LogP contribution is 2.11. The Kier molecular flexibility index (Phi) is 8.34. The largest absolute Gasteiger partial charge is 0.497 e. The molecule has 0 bridgehead atoms. The molecule has 0 aliphatic heterocycles. The third-order valence-corrected chi connectivity index (χ3v) is 4.51. The summed E-state index contributed by atoms with van der Waals surface area (Å²) in [7, 11) is 3.40. The van der Waals surface area contributed by atoms with Crippen molar-refractivity contribution < 1.29 is 9.53 Å². The number of carbonyl (C=O) groups excluding carboxylic acids is 1. The maximum atomic E-state index is 12.1. The molecule has 1 amide bonds. The van der Waals surface area contributed by atoms with E-state index < -0.39 is 0 Å². The van der Waals surface area contributed by atoms with Gasteiger partial charge in [0.15, 0.2) is 5.96 Å². The number of benzene rings is 2. The van der Waals surface area contributed by atoms with Gasteiger partial charge in [-0.2, -0.15) is 0 Å². The van der Waals surface area contributed by atoms with Gasteiger partial charge in [0.1, 0.15) is 5.75 Å². The Labute approximate surface area is 167 Å². The number of aliphatic imine (C=N–C) groups is 1. The average molecular weight is 383 g/mol. The highest BCUT2D eigenvalue weighted by atomic mass is 16.5. The first kappa shape index (κ1) is 21.3. The van der Waals surface area contributed by atoms with Crippen molar-refractivity contribution in [2.45, 2.75) is 39.4 Å². The summed E-state index contributed by atoms with van der Waals surface area (Å²) in [6.07, 6.45) is 0.913. The predicted molar refractivity (Wildman–Crippen MR) is 114 cm³/mol. The van der Waals surface area contributed by atoms with Crippen molar-refractivity contribution in [2.24, 2.45) is 4.99 Å². The zero-order valence-corrected chi connectivity index (χ0v) is 17.1. The van der Waals surface area contributed by atoms with Crippen LogP contribution in [-0.4, -0.2) is 32.1 Å². The smallest absolute Gasteiger partial charge is 0.251 e. The highest BCUT2D eigenvalue weighted by molar-refractivity contribution is 5.94. The minimum absolute atomic E-state index is 0.0363. The first-order valence-corrected chi connectivity index (χ1v) is 9.53. The van der Waals surface area contributed by atoms with Crippen molar-refractivity contribution >= 4 is 11.9 Å². The summed E-state index contributed by atoms with van der Waals surface area (Å²) in [5.74, 6) is 1.52. The SMILES string of the molecule is CCC(C)NC(=O)c1ccc(CNC(=NC)NCc2ccc(OC)cc2)cc1. The molecule has 1 unspecified atom stereocenters. The second-order valence-electron chi connectivity index (χ2n) is 6.61. The number of hydrogen-bond acceptors (Lipinski definition) is 3. The highest BCUT2D eigenvalue weighted by Gasteiger charge is 2.08. The summed E-state index contributed by atoms with van der Waals surface area (Å²) in [4.78, 5) is 16.4. The summed E-state index contributed by atoms with van der Waals surface area (Å²) in [6, 6.07) is 15.7. The Morgan fingerprint density at radius 3 is 2.00 bits per heavy atom. The van der Waals surface area contributed by atoms with E-state index in [2.05, 4.69) is 27.9 Å². The second kappa shape index (κ2) is 11.0. The molecule has 0 saturated carbocycles. The molecule has 28 heavy (non-hydrogen) atoms. The minimum atomic E-state index is -0.0363. The van der Waals surface area contributed by atoms with Gasteiger partial charge in [-0.25, -0.2) is 0 Å². The van der Waals surface area contributed by atoms with Crippen molar-refractivity contribution in [3.8, 4) is 5.75 Å². The summed E-state index contributed by atoms with van der Waals surface area (Å²) < 4.78 is 5.17. The summed E-state index contributed by atoms with van der Waals surface area (Å²) in [5.41, 5.74) is 2.89. The Hall–Kier alpha value is -3.02. The van der Waals surface area contributed by atoms with Crippen molar-refractivity contribution in [2.75, 3.05) is 14.2 Å². The van der Waals surface area contributed by atoms with Crippen LogP contribution in [0.5, 0.6) is 5.75 Å². The third kappa shape index (κ3) is 6.61. The number of carbonyl (C=O) groups is 1. The van der Waals surface area contributed by atoms with E-state index in [1.54, 1.807) is 14.2 Å². The molecule has 3 N–H and O–H groups in total. The molecule has 0 aliphatic rings. The van der Waals surface area contributed by atoms with E-state index in [4.69, 9.17) is 4.74 Å². The average Bonchev–Trinajstić information content (AvgIpc) is 2.74. The fourth-order valence-corrected chi connectivity index (χ4v) is 2.52. The quantitative estimate of drug-likeness (QED) is 0.484. The lowest BCUT2D eigenvalue weighted by molar-refractivity contribution is 0.0939. The molecule has 0 heterocycles. The normalized spacial score (nSPS) is 12.2. The Morgan fingerprint density at radius 2 is 1.54 bits per heavy atom. The van der Waals surface area contributed by atoms with Crippen LogP contribution in [0.25, 0.3) is 0 Å². The Morgan fingerprint density at radius 1 is 1.00 bits per heavy atom. The maximum Gasteiger partial charge on any atom is 0.251 e. The van der Waals surface area contributed by atoms with Crippen LogP contribution in [0.15, 0.2) is 53.5 Å². The molecule has 0 aromatic heterocycles. The topological polar surface area (TPSA) is 74.8 Å².